The van der Waals surface area contributed by atoms with Crippen LogP contribution in [0.25, 0.3) is 0 Å². The summed E-state index contributed by atoms with van der Waals surface area (Å²) in [6.45, 7) is 2.20. The molecule has 0 amide bonds. The predicted molar refractivity (Wildman–Crippen MR) is 85.0 cm³/mol. The Labute approximate surface area is 137 Å². The van der Waals surface area contributed by atoms with E-state index in [9.17, 15) is 13.2 Å². The minimum atomic E-state index is -4.34. The minimum Gasteiger partial charge on any atom is -0.493 e. The van der Waals surface area contributed by atoms with E-state index in [0.29, 0.717) is 12.5 Å². The lowest BCUT2D eigenvalue weighted by Gasteiger charge is -2.31. The molecule has 1 fully saturated rings. The van der Waals surface area contributed by atoms with Crippen LogP contribution in [0.5, 0.6) is 5.75 Å². The average molecular weight is 341 g/mol. The Bertz CT molecular complexity index is 627. The molecule has 2 aromatic rings. The summed E-state index contributed by atoms with van der Waals surface area (Å²) in [6, 6.07) is 9.24. The average Bonchev–Trinajstić information content (AvgIpc) is 3.07. The molecule has 3 rings (SSSR count). The van der Waals surface area contributed by atoms with E-state index in [2.05, 4.69) is 16.8 Å². The lowest BCUT2D eigenvalue weighted by Crippen LogP contribution is -2.38. The molecule has 0 bridgehead atoms. The van der Waals surface area contributed by atoms with Gasteiger partial charge in [-0.2, -0.15) is 13.2 Å². The normalized spacial score (nSPS) is 22.0. The van der Waals surface area contributed by atoms with Crippen LogP contribution in [0.4, 0.5) is 13.2 Å². The van der Waals surface area contributed by atoms with Gasteiger partial charge in [0.1, 0.15) is 5.75 Å². The molecule has 1 aliphatic heterocycles. The van der Waals surface area contributed by atoms with Gasteiger partial charge in [0.25, 0.3) is 0 Å². The lowest BCUT2D eigenvalue weighted by molar-refractivity contribution is -0.137. The van der Waals surface area contributed by atoms with E-state index >= 15 is 0 Å². The number of nitrogens with one attached hydrogen (secondary N) is 1. The third-order valence-corrected chi connectivity index (χ3v) is 5.15. The van der Waals surface area contributed by atoms with Crippen molar-refractivity contribution in [1.29, 1.82) is 0 Å². The molecule has 1 N–H and O–H groups in total. The number of hydrogen-bond acceptors (Lipinski definition) is 3. The summed E-state index contributed by atoms with van der Waals surface area (Å²) in [5.41, 5.74) is -0.674. The number of ether oxygens (including phenoxy) is 1. The van der Waals surface area contributed by atoms with E-state index in [1.807, 2.05) is 6.07 Å². The van der Waals surface area contributed by atoms with Gasteiger partial charge in [-0.1, -0.05) is 12.1 Å². The molecule has 0 saturated carbocycles. The van der Waals surface area contributed by atoms with E-state index in [0.717, 1.165) is 31.6 Å². The maximum atomic E-state index is 12.7. The van der Waals surface area contributed by atoms with E-state index < -0.39 is 11.7 Å². The highest BCUT2D eigenvalue weighted by atomic mass is 32.1. The van der Waals surface area contributed by atoms with Gasteiger partial charge in [0.05, 0.1) is 12.2 Å². The highest BCUT2D eigenvalue weighted by Gasteiger charge is 2.31. The van der Waals surface area contributed by atoms with Crippen molar-refractivity contribution in [3.63, 3.8) is 0 Å². The Hall–Kier alpha value is -1.53. The van der Waals surface area contributed by atoms with Gasteiger partial charge in [-0.25, -0.2) is 0 Å². The van der Waals surface area contributed by atoms with E-state index in [1.165, 1.54) is 10.9 Å². The zero-order chi connectivity index (χ0) is 16.3. The van der Waals surface area contributed by atoms with Crippen LogP contribution in [0, 0.1) is 5.92 Å². The molecule has 23 heavy (non-hydrogen) atoms. The number of halogens is 3. The first-order valence-electron chi connectivity index (χ1n) is 7.58. The number of benzene rings is 1. The number of rotatable bonds is 4. The fourth-order valence-corrected chi connectivity index (χ4v) is 3.90. The maximum absolute atomic E-state index is 12.7. The molecule has 1 aromatic heterocycles. The summed E-state index contributed by atoms with van der Waals surface area (Å²) in [4.78, 5) is 1.32. The Morgan fingerprint density at radius 2 is 2.09 bits per heavy atom. The van der Waals surface area contributed by atoms with Gasteiger partial charge in [-0.15, -0.1) is 11.3 Å². The molecule has 2 nitrogen and oxygen atoms in total. The maximum Gasteiger partial charge on any atom is 0.416 e. The largest absolute Gasteiger partial charge is 0.493 e. The van der Waals surface area contributed by atoms with Crippen molar-refractivity contribution in [2.24, 2.45) is 5.92 Å². The van der Waals surface area contributed by atoms with Crippen LogP contribution >= 0.6 is 11.3 Å². The second kappa shape index (κ2) is 6.93. The van der Waals surface area contributed by atoms with Crippen LogP contribution in [0.3, 0.4) is 0 Å². The molecule has 1 aromatic carbocycles. The van der Waals surface area contributed by atoms with Gasteiger partial charge in [0.2, 0.25) is 0 Å². The Morgan fingerprint density at radius 3 is 2.83 bits per heavy atom. The van der Waals surface area contributed by atoms with E-state index in [-0.39, 0.29) is 11.7 Å². The molecule has 0 spiro atoms. The monoisotopic (exact) mass is 341 g/mol. The Morgan fingerprint density at radius 1 is 1.22 bits per heavy atom. The third kappa shape index (κ3) is 4.06. The molecule has 124 valence electrons. The number of hydrogen-bond donors (Lipinski definition) is 1. The molecule has 2 atom stereocenters. The Balaban J connectivity index is 1.67. The molecule has 2 heterocycles. The summed E-state index contributed by atoms with van der Waals surface area (Å²) in [5, 5.41) is 5.40. The van der Waals surface area contributed by atoms with E-state index in [1.54, 1.807) is 17.4 Å². The SMILES string of the molecule is FC(F)(F)c1cccc(OCC2CNCCC2c2cccs2)c1. The zero-order valence-corrected chi connectivity index (χ0v) is 13.3. The first-order valence-corrected chi connectivity index (χ1v) is 8.46. The van der Waals surface area contributed by atoms with Crippen LogP contribution in [0.2, 0.25) is 0 Å². The summed E-state index contributed by atoms with van der Waals surface area (Å²) in [5.74, 6) is 0.939. The summed E-state index contributed by atoms with van der Waals surface area (Å²) < 4.78 is 43.9. The lowest BCUT2D eigenvalue weighted by atomic mass is 9.86. The minimum absolute atomic E-state index is 0.261. The van der Waals surface area contributed by atoms with Crippen molar-refractivity contribution in [1.82, 2.24) is 5.32 Å². The second-order valence-corrected chi connectivity index (χ2v) is 6.69. The topological polar surface area (TPSA) is 21.3 Å². The molecule has 0 radical (unpaired) electrons. The second-order valence-electron chi connectivity index (χ2n) is 5.71. The van der Waals surface area contributed by atoms with Crippen molar-refractivity contribution in [2.45, 2.75) is 18.5 Å². The zero-order valence-electron chi connectivity index (χ0n) is 12.5. The number of piperidine rings is 1. The van der Waals surface area contributed by atoms with Crippen molar-refractivity contribution < 1.29 is 17.9 Å². The first-order chi connectivity index (χ1) is 11.0. The highest BCUT2D eigenvalue weighted by molar-refractivity contribution is 7.10. The molecule has 1 saturated heterocycles. The predicted octanol–water partition coefficient (Wildman–Crippen LogP) is 4.54. The molecule has 1 aliphatic rings. The van der Waals surface area contributed by atoms with Crippen molar-refractivity contribution in [3.8, 4) is 5.75 Å². The molecular formula is C17H18F3NOS. The number of alkyl halides is 3. The highest BCUT2D eigenvalue weighted by Crippen LogP contribution is 2.34. The van der Waals surface area contributed by atoms with Gasteiger partial charge >= 0.3 is 6.18 Å². The van der Waals surface area contributed by atoms with Crippen LogP contribution in [-0.4, -0.2) is 19.7 Å². The summed E-state index contributed by atoms with van der Waals surface area (Å²) >= 11 is 1.73. The van der Waals surface area contributed by atoms with Crippen LogP contribution in [0.15, 0.2) is 41.8 Å². The standard InChI is InChI=1S/C17H18F3NOS/c18-17(19,20)13-3-1-4-14(9-13)22-11-12-10-21-7-6-15(12)16-5-2-8-23-16/h1-5,8-9,12,15,21H,6-7,10-11H2. The molecule has 6 heteroatoms. The van der Waals surface area contributed by atoms with Crippen LogP contribution in [0.1, 0.15) is 22.8 Å². The Kier molecular flexibility index (Phi) is 4.92. The molecular weight excluding hydrogens is 323 g/mol. The van der Waals surface area contributed by atoms with Crippen molar-refractivity contribution in [2.75, 3.05) is 19.7 Å². The van der Waals surface area contributed by atoms with Gasteiger partial charge in [0.15, 0.2) is 0 Å². The van der Waals surface area contributed by atoms with Gasteiger partial charge in [-0.05, 0) is 42.6 Å². The number of thiophene rings is 1. The fraction of sp³-hybridized carbons (Fsp3) is 0.412. The first kappa shape index (κ1) is 16.3. The van der Waals surface area contributed by atoms with E-state index in [4.69, 9.17) is 4.74 Å². The van der Waals surface area contributed by atoms with Gasteiger partial charge < -0.3 is 10.1 Å². The van der Waals surface area contributed by atoms with Crippen molar-refractivity contribution in [3.05, 3.63) is 52.2 Å². The quantitative estimate of drug-likeness (QED) is 0.882. The van der Waals surface area contributed by atoms with Crippen LogP contribution in [-0.2, 0) is 6.18 Å². The van der Waals surface area contributed by atoms with Gasteiger partial charge in [0, 0.05) is 23.3 Å². The van der Waals surface area contributed by atoms with Crippen molar-refractivity contribution >= 4 is 11.3 Å². The molecule has 2 unspecified atom stereocenters. The smallest absolute Gasteiger partial charge is 0.416 e. The third-order valence-electron chi connectivity index (χ3n) is 4.14. The fourth-order valence-electron chi connectivity index (χ4n) is 2.94. The van der Waals surface area contributed by atoms with Crippen LogP contribution < -0.4 is 10.1 Å². The van der Waals surface area contributed by atoms with Gasteiger partial charge in [-0.3, -0.25) is 0 Å². The summed E-state index contributed by atoms with van der Waals surface area (Å²) in [6.07, 6.45) is -3.32. The molecule has 0 aliphatic carbocycles. The summed E-state index contributed by atoms with van der Waals surface area (Å²) in [7, 11) is 0.